The van der Waals surface area contributed by atoms with E-state index in [1.807, 2.05) is 36.4 Å². The number of piperidine rings is 1. The average Bonchev–Trinajstić information content (AvgIpc) is 2.97. The molecular formula is C33H35Cl2F6N3O. The molecule has 4 nitrogen and oxygen atoms in total. The number of likely N-dealkylation sites (tertiary alicyclic amines) is 1. The topological polar surface area (TPSA) is 44.4 Å². The van der Waals surface area contributed by atoms with Crippen molar-refractivity contribution in [1.29, 1.82) is 0 Å². The fourth-order valence-corrected chi connectivity index (χ4v) is 6.61. The van der Waals surface area contributed by atoms with E-state index in [-0.39, 0.29) is 29.9 Å². The maximum atomic E-state index is 13.7. The number of likely N-dealkylation sites (N-methyl/N-ethyl adjacent to an activating group) is 1. The van der Waals surface area contributed by atoms with E-state index in [1.54, 1.807) is 19.2 Å². The molecular weight excluding hydrogens is 639 g/mol. The third kappa shape index (κ3) is 8.93. The summed E-state index contributed by atoms with van der Waals surface area (Å²) >= 11 is 12.5. The normalized spacial score (nSPS) is 17.1. The molecule has 1 aliphatic rings. The van der Waals surface area contributed by atoms with Gasteiger partial charge in [-0.15, -0.1) is 0 Å². The van der Waals surface area contributed by atoms with Crippen molar-refractivity contribution in [3.05, 3.63) is 105 Å². The van der Waals surface area contributed by atoms with E-state index < -0.39 is 35.1 Å². The van der Waals surface area contributed by atoms with Crippen molar-refractivity contribution in [2.45, 2.75) is 62.5 Å². The quantitative estimate of drug-likeness (QED) is 0.212. The van der Waals surface area contributed by atoms with Crippen molar-refractivity contribution in [3.8, 4) is 0 Å². The summed E-state index contributed by atoms with van der Waals surface area (Å²) in [7, 11) is 1.77. The van der Waals surface area contributed by atoms with Gasteiger partial charge in [0.2, 0.25) is 5.91 Å². The first-order valence-electron chi connectivity index (χ1n) is 14.6. The van der Waals surface area contributed by atoms with Gasteiger partial charge >= 0.3 is 12.4 Å². The number of hydrogen-bond donors (Lipinski definition) is 2. The van der Waals surface area contributed by atoms with Crippen LogP contribution in [0.15, 0.2) is 66.7 Å². The Morgan fingerprint density at radius 1 is 0.889 bits per heavy atom. The number of benzene rings is 3. The predicted molar refractivity (Wildman–Crippen MR) is 164 cm³/mol. The highest BCUT2D eigenvalue weighted by Crippen LogP contribution is 2.39. The van der Waals surface area contributed by atoms with Crippen molar-refractivity contribution >= 4 is 29.1 Å². The Morgan fingerprint density at radius 3 is 2.00 bits per heavy atom. The molecule has 0 bridgehead atoms. The zero-order valence-corrected chi connectivity index (χ0v) is 26.3. The summed E-state index contributed by atoms with van der Waals surface area (Å²) in [5.41, 5.74) is -1.60. The maximum absolute atomic E-state index is 13.7. The van der Waals surface area contributed by atoms with Crippen LogP contribution in [-0.4, -0.2) is 43.5 Å². The van der Waals surface area contributed by atoms with E-state index in [0.717, 1.165) is 23.3 Å². The summed E-state index contributed by atoms with van der Waals surface area (Å²) in [4.78, 5) is 14.4. The summed E-state index contributed by atoms with van der Waals surface area (Å²) in [6.45, 7) is 2.85. The molecule has 0 aromatic heterocycles. The Morgan fingerprint density at radius 2 is 1.49 bits per heavy atom. The molecule has 244 valence electrons. The first kappa shape index (κ1) is 35.1. The molecule has 3 aromatic carbocycles. The Bertz CT molecular complexity index is 1420. The molecule has 2 atom stereocenters. The molecule has 0 spiro atoms. The van der Waals surface area contributed by atoms with Gasteiger partial charge in [-0.25, -0.2) is 0 Å². The van der Waals surface area contributed by atoms with Crippen LogP contribution < -0.4 is 10.6 Å². The first-order valence-corrected chi connectivity index (χ1v) is 15.3. The van der Waals surface area contributed by atoms with E-state index in [1.165, 1.54) is 6.92 Å². The van der Waals surface area contributed by atoms with Gasteiger partial charge in [0.1, 0.15) is 0 Å². The second-order valence-corrected chi connectivity index (χ2v) is 12.4. The molecule has 3 aromatic rings. The minimum absolute atomic E-state index is 0.0486. The van der Waals surface area contributed by atoms with Gasteiger partial charge in [-0.2, -0.15) is 26.3 Å². The molecule has 12 heteroatoms. The number of amides is 1. The fourth-order valence-electron chi connectivity index (χ4n) is 6.30. The lowest BCUT2D eigenvalue weighted by Crippen LogP contribution is -2.55. The summed E-state index contributed by atoms with van der Waals surface area (Å²) in [6.07, 6.45) is -8.51. The standard InChI is InChI=1S/C33H35Cl2F6N3O/c1-21(45)43-31(25-6-4-3-5-7-25)10-12-44(13-11-31)28(17-24(20-42-2)23-8-9-29(34)30(35)18-23)16-22-14-26(32(36,37)38)19-27(15-22)33(39,40)41/h3-9,14-15,18-19,24,28,42H,10-13,16-17,20H2,1-2H3,(H,43,45). The van der Waals surface area contributed by atoms with Crippen LogP contribution in [-0.2, 0) is 29.1 Å². The smallest absolute Gasteiger partial charge is 0.347 e. The second-order valence-electron chi connectivity index (χ2n) is 11.6. The van der Waals surface area contributed by atoms with Gasteiger partial charge in [-0.05, 0) is 85.7 Å². The lowest BCUT2D eigenvalue weighted by Gasteiger charge is -2.46. The zero-order chi connectivity index (χ0) is 33.0. The van der Waals surface area contributed by atoms with E-state index in [0.29, 0.717) is 48.9 Å². The lowest BCUT2D eigenvalue weighted by molar-refractivity contribution is -0.143. The van der Waals surface area contributed by atoms with Crippen LogP contribution in [0.1, 0.15) is 59.9 Å². The molecule has 1 amide bonds. The van der Waals surface area contributed by atoms with Crippen LogP contribution >= 0.6 is 23.2 Å². The summed E-state index contributed by atoms with van der Waals surface area (Å²) in [5, 5.41) is 6.98. The van der Waals surface area contributed by atoms with E-state index in [9.17, 15) is 31.1 Å². The second kappa shape index (κ2) is 14.3. The molecule has 1 heterocycles. The monoisotopic (exact) mass is 673 g/mol. The largest absolute Gasteiger partial charge is 0.416 e. The van der Waals surface area contributed by atoms with Crippen molar-refractivity contribution in [2.24, 2.45) is 0 Å². The maximum Gasteiger partial charge on any atom is 0.416 e. The first-order chi connectivity index (χ1) is 21.1. The highest BCUT2D eigenvalue weighted by molar-refractivity contribution is 6.42. The van der Waals surface area contributed by atoms with Gasteiger partial charge in [0.15, 0.2) is 0 Å². The van der Waals surface area contributed by atoms with Gasteiger partial charge in [0.25, 0.3) is 0 Å². The van der Waals surface area contributed by atoms with Gasteiger partial charge in [-0.3, -0.25) is 9.69 Å². The minimum atomic E-state index is -4.95. The van der Waals surface area contributed by atoms with Gasteiger partial charge in [0, 0.05) is 32.6 Å². The van der Waals surface area contributed by atoms with Crippen LogP contribution in [0.2, 0.25) is 10.0 Å². The minimum Gasteiger partial charge on any atom is -0.347 e. The number of nitrogens with zero attached hydrogens (tertiary/aromatic N) is 1. The number of carbonyl (C=O) groups excluding carboxylic acids is 1. The highest BCUT2D eigenvalue weighted by atomic mass is 35.5. The molecule has 2 unspecified atom stereocenters. The number of halogens is 8. The molecule has 0 saturated carbocycles. The number of alkyl halides is 6. The number of nitrogens with one attached hydrogen (secondary N) is 2. The van der Waals surface area contributed by atoms with Crippen molar-refractivity contribution in [1.82, 2.24) is 15.5 Å². The molecule has 4 rings (SSSR count). The predicted octanol–water partition coefficient (Wildman–Crippen LogP) is 8.46. The van der Waals surface area contributed by atoms with E-state index >= 15 is 0 Å². The van der Waals surface area contributed by atoms with Crippen LogP contribution in [0, 0.1) is 0 Å². The van der Waals surface area contributed by atoms with Crippen LogP contribution in [0.4, 0.5) is 26.3 Å². The average molecular weight is 675 g/mol. The van der Waals surface area contributed by atoms with Crippen molar-refractivity contribution in [3.63, 3.8) is 0 Å². The Kier molecular flexibility index (Phi) is 11.2. The number of carbonyl (C=O) groups is 1. The van der Waals surface area contributed by atoms with Gasteiger partial charge in [-0.1, -0.05) is 59.6 Å². The number of hydrogen-bond acceptors (Lipinski definition) is 3. The molecule has 1 fully saturated rings. The highest BCUT2D eigenvalue weighted by Gasteiger charge is 2.40. The molecule has 2 N–H and O–H groups in total. The fraction of sp³-hybridized carbons (Fsp3) is 0.424. The van der Waals surface area contributed by atoms with Crippen molar-refractivity contribution in [2.75, 3.05) is 26.7 Å². The third-order valence-electron chi connectivity index (χ3n) is 8.45. The molecule has 0 aliphatic carbocycles. The number of rotatable bonds is 10. The molecule has 0 radical (unpaired) electrons. The summed E-state index contributed by atoms with van der Waals surface area (Å²) in [6, 6.07) is 16.1. The lowest BCUT2D eigenvalue weighted by atomic mass is 9.79. The summed E-state index contributed by atoms with van der Waals surface area (Å²) in [5.74, 6) is -0.375. The zero-order valence-electron chi connectivity index (χ0n) is 24.8. The van der Waals surface area contributed by atoms with Crippen LogP contribution in [0.3, 0.4) is 0 Å². The third-order valence-corrected chi connectivity index (χ3v) is 9.19. The van der Waals surface area contributed by atoms with Crippen LogP contribution in [0.25, 0.3) is 0 Å². The van der Waals surface area contributed by atoms with Crippen molar-refractivity contribution < 1.29 is 31.1 Å². The molecule has 1 aliphatic heterocycles. The van der Waals surface area contributed by atoms with Gasteiger partial charge in [0.05, 0.1) is 26.7 Å². The van der Waals surface area contributed by atoms with Gasteiger partial charge < -0.3 is 10.6 Å². The van der Waals surface area contributed by atoms with E-state index in [2.05, 4.69) is 15.5 Å². The molecule has 45 heavy (non-hydrogen) atoms. The molecule has 1 saturated heterocycles. The summed E-state index contributed by atoms with van der Waals surface area (Å²) < 4.78 is 82.4. The Labute approximate surface area is 269 Å². The Balaban J connectivity index is 1.72. The van der Waals surface area contributed by atoms with Crippen LogP contribution in [0.5, 0.6) is 0 Å². The van der Waals surface area contributed by atoms with E-state index in [4.69, 9.17) is 23.2 Å². The Hall–Kier alpha value is -2.79. The SMILES string of the molecule is CNCC(CC(Cc1cc(C(F)(F)F)cc(C(F)(F)F)c1)N1CCC(NC(C)=O)(c2ccccc2)CC1)c1ccc(Cl)c(Cl)c1.